The molecule has 0 amide bonds. The molecule has 0 radical (unpaired) electrons. The van der Waals surface area contributed by atoms with Crippen molar-refractivity contribution in [3.63, 3.8) is 0 Å². The zero-order valence-electron chi connectivity index (χ0n) is 7.53. The Morgan fingerprint density at radius 3 is 3.00 bits per heavy atom. The largest absolute Gasteiger partial charge is 0.387 e. The van der Waals surface area contributed by atoms with Gasteiger partial charge in [0, 0.05) is 6.42 Å². The average Bonchev–Trinajstić information content (AvgIpc) is 2.52. The van der Waals surface area contributed by atoms with Crippen LogP contribution in [0.4, 0.5) is 0 Å². The quantitative estimate of drug-likeness (QED) is 0.588. The Morgan fingerprint density at radius 2 is 2.46 bits per heavy atom. The molecule has 3 nitrogen and oxygen atoms in total. The number of hydrogen-bond donors (Lipinski definition) is 1. The van der Waals surface area contributed by atoms with Gasteiger partial charge in [-0.25, -0.2) is 0 Å². The van der Waals surface area contributed by atoms with E-state index in [1.807, 2.05) is 6.92 Å². The number of aryl methyl sites for hydroxylation is 1. The molecule has 0 spiro atoms. The van der Waals surface area contributed by atoms with E-state index in [0.717, 1.165) is 17.0 Å². The summed E-state index contributed by atoms with van der Waals surface area (Å²) >= 11 is 1.25. The second-order valence-corrected chi connectivity index (χ2v) is 3.62. The molecule has 0 aliphatic carbocycles. The minimum Gasteiger partial charge on any atom is -0.387 e. The van der Waals surface area contributed by atoms with E-state index in [0.29, 0.717) is 12.8 Å². The van der Waals surface area contributed by atoms with Gasteiger partial charge in [-0.05, 0) is 31.3 Å². The van der Waals surface area contributed by atoms with Crippen LogP contribution < -0.4 is 0 Å². The number of nitrogens with zero attached hydrogens (tertiary/aromatic N) is 2. The van der Waals surface area contributed by atoms with Gasteiger partial charge >= 0.3 is 0 Å². The molecule has 13 heavy (non-hydrogen) atoms. The summed E-state index contributed by atoms with van der Waals surface area (Å²) in [5.74, 6) is 2.54. The first-order valence-electron chi connectivity index (χ1n) is 4.16. The molecule has 1 rings (SSSR count). The first-order valence-corrected chi connectivity index (χ1v) is 4.93. The summed E-state index contributed by atoms with van der Waals surface area (Å²) in [6, 6.07) is 0. The van der Waals surface area contributed by atoms with E-state index in [9.17, 15) is 5.11 Å². The van der Waals surface area contributed by atoms with Crippen molar-refractivity contribution >= 4 is 11.5 Å². The lowest BCUT2D eigenvalue weighted by Gasteiger charge is -2.06. The summed E-state index contributed by atoms with van der Waals surface area (Å²) in [6.07, 6.45) is 6.90. The van der Waals surface area contributed by atoms with Crippen molar-refractivity contribution in [1.82, 2.24) is 9.59 Å². The molecule has 0 bridgehead atoms. The molecular formula is C9H12N2OS. The van der Waals surface area contributed by atoms with Crippen molar-refractivity contribution in [3.05, 3.63) is 10.6 Å². The molecular weight excluding hydrogens is 184 g/mol. The molecule has 4 heteroatoms. The van der Waals surface area contributed by atoms with Gasteiger partial charge in [-0.2, -0.15) is 0 Å². The highest BCUT2D eigenvalue weighted by atomic mass is 32.1. The topological polar surface area (TPSA) is 46.0 Å². The van der Waals surface area contributed by atoms with Crippen LogP contribution in [0.3, 0.4) is 0 Å². The monoisotopic (exact) mass is 196 g/mol. The van der Waals surface area contributed by atoms with E-state index in [4.69, 9.17) is 6.42 Å². The van der Waals surface area contributed by atoms with Crippen LogP contribution in [0.25, 0.3) is 0 Å². The fourth-order valence-corrected chi connectivity index (χ4v) is 1.74. The van der Waals surface area contributed by atoms with E-state index in [1.165, 1.54) is 11.5 Å². The summed E-state index contributed by atoms with van der Waals surface area (Å²) in [4.78, 5) is 0.858. The van der Waals surface area contributed by atoms with E-state index in [2.05, 4.69) is 15.5 Å². The van der Waals surface area contributed by atoms with Gasteiger partial charge in [0.25, 0.3) is 0 Å². The minimum absolute atomic E-state index is 0.451. The number of hydrogen-bond acceptors (Lipinski definition) is 4. The van der Waals surface area contributed by atoms with E-state index >= 15 is 0 Å². The van der Waals surface area contributed by atoms with Crippen molar-refractivity contribution in [1.29, 1.82) is 0 Å². The van der Waals surface area contributed by atoms with Gasteiger partial charge in [0.05, 0.1) is 16.7 Å². The Labute approximate surface area is 82.0 Å². The first kappa shape index (κ1) is 10.2. The number of aliphatic hydroxyl groups excluding tert-OH is 1. The lowest BCUT2D eigenvalue weighted by atomic mass is 10.1. The zero-order chi connectivity index (χ0) is 9.68. The summed E-state index contributed by atoms with van der Waals surface area (Å²) in [5, 5.41) is 13.5. The first-order chi connectivity index (χ1) is 6.25. The maximum atomic E-state index is 9.68. The molecule has 1 heterocycles. The van der Waals surface area contributed by atoms with Gasteiger partial charge in [0.2, 0.25) is 0 Å². The maximum absolute atomic E-state index is 9.68. The lowest BCUT2D eigenvalue weighted by Crippen LogP contribution is -1.96. The van der Waals surface area contributed by atoms with E-state index in [1.54, 1.807) is 0 Å². The highest BCUT2D eigenvalue weighted by molar-refractivity contribution is 7.05. The molecule has 0 saturated heterocycles. The zero-order valence-corrected chi connectivity index (χ0v) is 8.34. The molecule has 0 aromatic carbocycles. The Morgan fingerprint density at radius 1 is 1.69 bits per heavy atom. The molecule has 0 fully saturated rings. The van der Waals surface area contributed by atoms with Crippen LogP contribution in [0, 0.1) is 19.3 Å². The second-order valence-electron chi connectivity index (χ2n) is 2.83. The van der Waals surface area contributed by atoms with Crippen molar-refractivity contribution in [2.75, 3.05) is 0 Å². The maximum Gasteiger partial charge on any atom is 0.0917 e. The fraction of sp³-hybridized carbons (Fsp3) is 0.556. The third-order valence-corrected chi connectivity index (χ3v) is 2.72. The van der Waals surface area contributed by atoms with E-state index in [-0.39, 0.29) is 0 Å². The van der Waals surface area contributed by atoms with Crippen molar-refractivity contribution in [3.8, 4) is 12.3 Å². The minimum atomic E-state index is -0.451. The van der Waals surface area contributed by atoms with Crippen molar-refractivity contribution in [2.45, 2.75) is 32.3 Å². The molecule has 1 N–H and O–H groups in total. The van der Waals surface area contributed by atoms with Gasteiger partial charge < -0.3 is 5.11 Å². The highest BCUT2D eigenvalue weighted by Crippen LogP contribution is 2.23. The molecule has 1 aromatic heterocycles. The molecule has 1 unspecified atom stereocenters. The Balaban J connectivity index is 2.45. The molecule has 70 valence electrons. The Bertz CT molecular complexity index is 303. The average molecular weight is 196 g/mol. The Hall–Kier alpha value is -0.920. The number of rotatable bonds is 4. The SMILES string of the molecule is C#CCCCC(O)c1snnc1C. The summed E-state index contributed by atoms with van der Waals surface area (Å²) in [6.45, 7) is 1.85. The van der Waals surface area contributed by atoms with Crippen molar-refractivity contribution < 1.29 is 5.11 Å². The highest BCUT2D eigenvalue weighted by Gasteiger charge is 2.13. The van der Waals surface area contributed by atoms with Gasteiger partial charge in [0.15, 0.2) is 0 Å². The molecule has 0 aliphatic rings. The standard InChI is InChI=1S/C9H12N2OS/c1-3-4-5-6-8(12)9-7(2)10-11-13-9/h1,8,12H,4-6H2,2H3. The summed E-state index contributed by atoms with van der Waals surface area (Å²) in [5.41, 5.74) is 0.818. The van der Waals surface area contributed by atoms with Crippen LogP contribution in [-0.4, -0.2) is 14.7 Å². The van der Waals surface area contributed by atoms with Crippen LogP contribution >= 0.6 is 11.5 Å². The summed E-state index contributed by atoms with van der Waals surface area (Å²) in [7, 11) is 0. The Kier molecular flexibility index (Phi) is 3.87. The molecule has 0 saturated carbocycles. The number of terminal acetylenes is 1. The van der Waals surface area contributed by atoms with Gasteiger partial charge in [-0.1, -0.05) is 4.49 Å². The van der Waals surface area contributed by atoms with Crippen LogP contribution in [0.5, 0.6) is 0 Å². The van der Waals surface area contributed by atoms with E-state index < -0.39 is 6.10 Å². The summed E-state index contributed by atoms with van der Waals surface area (Å²) < 4.78 is 3.76. The van der Waals surface area contributed by atoms with Gasteiger partial charge in [0.1, 0.15) is 0 Å². The van der Waals surface area contributed by atoms with Crippen LogP contribution in [0.15, 0.2) is 0 Å². The van der Waals surface area contributed by atoms with Gasteiger partial charge in [-0.3, -0.25) is 0 Å². The smallest absolute Gasteiger partial charge is 0.0917 e. The predicted molar refractivity (Wildman–Crippen MR) is 52.3 cm³/mol. The normalized spacial score (nSPS) is 12.4. The lowest BCUT2D eigenvalue weighted by molar-refractivity contribution is 0.168. The van der Waals surface area contributed by atoms with Crippen LogP contribution in [-0.2, 0) is 0 Å². The van der Waals surface area contributed by atoms with Gasteiger partial charge in [-0.15, -0.1) is 17.4 Å². The number of aromatic nitrogens is 2. The van der Waals surface area contributed by atoms with Crippen LogP contribution in [0.2, 0.25) is 0 Å². The van der Waals surface area contributed by atoms with Crippen LogP contribution in [0.1, 0.15) is 35.9 Å². The fourth-order valence-electron chi connectivity index (χ4n) is 1.07. The molecule has 1 aromatic rings. The second kappa shape index (κ2) is 4.95. The molecule has 0 aliphatic heterocycles. The van der Waals surface area contributed by atoms with Crippen molar-refractivity contribution in [2.24, 2.45) is 0 Å². The predicted octanol–water partition coefficient (Wildman–Crippen LogP) is 1.68. The third-order valence-electron chi connectivity index (χ3n) is 1.79. The third kappa shape index (κ3) is 2.79. The number of aliphatic hydroxyl groups is 1. The molecule has 1 atom stereocenters. The number of unbranched alkanes of at least 4 members (excludes halogenated alkanes) is 1.